The topological polar surface area (TPSA) is 64.3 Å². The van der Waals surface area contributed by atoms with Crippen molar-refractivity contribution in [3.8, 4) is 5.75 Å². The van der Waals surface area contributed by atoms with Crippen molar-refractivity contribution in [1.29, 1.82) is 0 Å². The van der Waals surface area contributed by atoms with Gasteiger partial charge >= 0.3 is 0 Å². The van der Waals surface area contributed by atoms with E-state index in [1.165, 1.54) is 11.1 Å². The van der Waals surface area contributed by atoms with Crippen LogP contribution >= 0.6 is 11.6 Å². The molecule has 0 saturated carbocycles. The zero-order valence-electron chi connectivity index (χ0n) is 13.6. The van der Waals surface area contributed by atoms with Gasteiger partial charge in [-0.25, -0.2) is 0 Å². The number of nitrogens with one attached hydrogen (secondary N) is 1. The summed E-state index contributed by atoms with van der Waals surface area (Å²) in [5.41, 5.74) is 9.82. The first-order valence-electron chi connectivity index (χ1n) is 8.07. The Morgan fingerprint density at radius 1 is 1.33 bits per heavy atom. The van der Waals surface area contributed by atoms with Gasteiger partial charge in [0.25, 0.3) is 0 Å². The molecule has 5 heteroatoms. The molecule has 0 bridgehead atoms. The summed E-state index contributed by atoms with van der Waals surface area (Å²) in [4.78, 5) is 12.5. The highest BCUT2D eigenvalue weighted by atomic mass is 35.5. The van der Waals surface area contributed by atoms with Gasteiger partial charge in [-0.15, -0.1) is 0 Å². The van der Waals surface area contributed by atoms with Gasteiger partial charge in [-0.05, 0) is 60.7 Å². The summed E-state index contributed by atoms with van der Waals surface area (Å²) in [7, 11) is 1.59. The van der Waals surface area contributed by atoms with Crippen molar-refractivity contribution in [3.05, 3.63) is 58.1 Å². The standard InChI is InChI=1S/C19H21ClN2O2/c1-24-18-8-5-14(20)9-13(18)11-19(23)22-17-4-2-3-12-10-15(21)6-7-16(12)17/h5-10,17H,2-4,11,21H2,1H3,(H,22,23). The van der Waals surface area contributed by atoms with Gasteiger partial charge in [-0.1, -0.05) is 17.7 Å². The zero-order valence-corrected chi connectivity index (χ0v) is 14.4. The van der Waals surface area contributed by atoms with Gasteiger partial charge in [0.05, 0.1) is 19.6 Å². The molecule has 2 aromatic rings. The van der Waals surface area contributed by atoms with Crippen molar-refractivity contribution < 1.29 is 9.53 Å². The number of nitrogens with two attached hydrogens (primary N) is 1. The Kier molecular flexibility index (Phi) is 4.95. The average Bonchev–Trinajstić information content (AvgIpc) is 2.55. The molecule has 0 saturated heterocycles. The molecule has 0 aliphatic heterocycles. The number of fused-ring (bicyclic) bond motifs is 1. The average molecular weight is 345 g/mol. The quantitative estimate of drug-likeness (QED) is 0.832. The van der Waals surface area contributed by atoms with Crippen molar-refractivity contribution in [3.63, 3.8) is 0 Å². The molecule has 24 heavy (non-hydrogen) atoms. The van der Waals surface area contributed by atoms with Gasteiger partial charge < -0.3 is 15.8 Å². The van der Waals surface area contributed by atoms with Crippen molar-refractivity contribution in [2.75, 3.05) is 12.8 Å². The Morgan fingerprint density at radius 2 is 2.17 bits per heavy atom. The third kappa shape index (κ3) is 3.65. The van der Waals surface area contributed by atoms with E-state index in [1.54, 1.807) is 25.3 Å². The first-order chi connectivity index (χ1) is 11.6. The molecular weight excluding hydrogens is 324 g/mol. The Morgan fingerprint density at radius 3 is 2.96 bits per heavy atom. The highest BCUT2D eigenvalue weighted by Crippen LogP contribution is 2.31. The number of benzene rings is 2. The number of rotatable bonds is 4. The largest absolute Gasteiger partial charge is 0.496 e. The summed E-state index contributed by atoms with van der Waals surface area (Å²) in [5, 5.41) is 3.73. The van der Waals surface area contributed by atoms with Crippen LogP contribution in [0.5, 0.6) is 5.75 Å². The molecule has 0 spiro atoms. The van der Waals surface area contributed by atoms with Crippen LogP contribution in [0.1, 0.15) is 35.6 Å². The molecule has 2 aromatic carbocycles. The number of carbonyl (C=O) groups is 1. The Bertz CT molecular complexity index is 761. The minimum Gasteiger partial charge on any atom is -0.496 e. The number of aryl methyl sites for hydroxylation is 1. The predicted octanol–water partition coefficient (Wildman–Crippen LogP) is 3.67. The van der Waals surface area contributed by atoms with Crippen LogP contribution in [0.25, 0.3) is 0 Å². The van der Waals surface area contributed by atoms with Gasteiger partial charge in [0.15, 0.2) is 0 Å². The third-order valence-corrected chi connectivity index (χ3v) is 4.65. The molecular formula is C19H21ClN2O2. The molecule has 0 fully saturated rings. The molecule has 1 aliphatic rings. The van der Waals surface area contributed by atoms with Crippen molar-refractivity contribution in [2.45, 2.75) is 31.7 Å². The molecule has 0 heterocycles. The number of nitrogen functional groups attached to an aromatic ring is 1. The smallest absolute Gasteiger partial charge is 0.225 e. The first-order valence-corrected chi connectivity index (χ1v) is 8.44. The number of amides is 1. The minimum atomic E-state index is -0.0368. The molecule has 126 valence electrons. The molecule has 1 amide bonds. The van der Waals surface area contributed by atoms with Crippen LogP contribution in [0.15, 0.2) is 36.4 Å². The van der Waals surface area contributed by atoms with Gasteiger partial charge in [0, 0.05) is 16.3 Å². The number of hydrogen-bond acceptors (Lipinski definition) is 3. The van der Waals surface area contributed by atoms with Gasteiger partial charge in [-0.3, -0.25) is 4.79 Å². The highest BCUT2D eigenvalue weighted by Gasteiger charge is 2.22. The lowest BCUT2D eigenvalue weighted by Gasteiger charge is -2.27. The second-order valence-corrected chi connectivity index (χ2v) is 6.54. The third-order valence-electron chi connectivity index (χ3n) is 4.41. The van der Waals surface area contributed by atoms with Crippen molar-refractivity contribution >= 4 is 23.2 Å². The van der Waals surface area contributed by atoms with E-state index < -0.39 is 0 Å². The van der Waals surface area contributed by atoms with Crippen LogP contribution in [0, 0.1) is 0 Å². The molecule has 1 unspecified atom stereocenters. The zero-order chi connectivity index (χ0) is 17.1. The Labute approximate surface area is 147 Å². The van der Waals surface area contributed by atoms with Crippen molar-refractivity contribution in [1.82, 2.24) is 5.32 Å². The van der Waals surface area contributed by atoms with E-state index in [4.69, 9.17) is 22.1 Å². The van der Waals surface area contributed by atoms with Crippen molar-refractivity contribution in [2.24, 2.45) is 0 Å². The lowest BCUT2D eigenvalue weighted by atomic mass is 9.87. The maximum atomic E-state index is 12.5. The molecule has 3 rings (SSSR count). The highest BCUT2D eigenvalue weighted by molar-refractivity contribution is 6.30. The monoisotopic (exact) mass is 344 g/mol. The number of ether oxygens (including phenoxy) is 1. The van der Waals surface area contributed by atoms with Gasteiger partial charge in [0.1, 0.15) is 5.75 Å². The lowest BCUT2D eigenvalue weighted by molar-refractivity contribution is -0.121. The van der Waals surface area contributed by atoms with Crippen LogP contribution in [-0.4, -0.2) is 13.0 Å². The molecule has 0 radical (unpaired) electrons. The van der Waals surface area contributed by atoms with Crippen LogP contribution in [-0.2, 0) is 17.6 Å². The fourth-order valence-corrected chi connectivity index (χ4v) is 3.48. The molecule has 1 aliphatic carbocycles. The van der Waals surface area contributed by atoms with Gasteiger partial charge in [0.2, 0.25) is 5.91 Å². The number of carbonyl (C=O) groups excluding carboxylic acids is 1. The first kappa shape index (κ1) is 16.7. The number of anilines is 1. The van der Waals surface area contributed by atoms with E-state index in [-0.39, 0.29) is 18.4 Å². The van der Waals surface area contributed by atoms with E-state index in [0.717, 1.165) is 30.5 Å². The van der Waals surface area contributed by atoms with E-state index in [0.29, 0.717) is 10.8 Å². The maximum absolute atomic E-state index is 12.5. The molecule has 4 nitrogen and oxygen atoms in total. The number of halogens is 1. The van der Waals surface area contributed by atoms with E-state index in [2.05, 4.69) is 5.32 Å². The Balaban J connectivity index is 1.74. The fourth-order valence-electron chi connectivity index (χ4n) is 3.29. The second-order valence-electron chi connectivity index (χ2n) is 6.10. The SMILES string of the molecule is COc1ccc(Cl)cc1CC(=O)NC1CCCc2cc(N)ccc21. The summed E-state index contributed by atoms with van der Waals surface area (Å²) in [5.74, 6) is 0.636. The molecule has 1 atom stereocenters. The summed E-state index contributed by atoms with van der Waals surface area (Å²) in [6.45, 7) is 0. The summed E-state index contributed by atoms with van der Waals surface area (Å²) < 4.78 is 5.31. The lowest BCUT2D eigenvalue weighted by Crippen LogP contribution is -2.32. The van der Waals surface area contributed by atoms with E-state index >= 15 is 0 Å². The van der Waals surface area contributed by atoms with Crippen LogP contribution in [0.4, 0.5) is 5.69 Å². The number of methoxy groups -OCH3 is 1. The minimum absolute atomic E-state index is 0.0343. The van der Waals surface area contributed by atoms with E-state index in [9.17, 15) is 4.79 Å². The van der Waals surface area contributed by atoms with Crippen LogP contribution < -0.4 is 15.8 Å². The summed E-state index contributed by atoms with van der Waals surface area (Å²) in [6.07, 6.45) is 3.23. The van der Waals surface area contributed by atoms with Gasteiger partial charge in [-0.2, -0.15) is 0 Å². The second kappa shape index (κ2) is 7.14. The maximum Gasteiger partial charge on any atom is 0.225 e. The predicted molar refractivity (Wildman–Crippen MR) is 96.4 cm³/mol. The summed E-state index contributed by atoms with van der Waals surface area (Å²) in [6, 6.07) is 11.3. The van der Waals surface area contributed by atoms with Crippen LogP contribution in [0.2, 0.25) is 5.02 Å². The van der Waals surface area contributed by atoms with Crippen LogP contribution in [0.3, 0.4) is 0 Å². The molecule has 3 N–H and O–H groups in total. The molecule has 0 aromatic heterocycles. The van der Waals surface area contributed by atoms with E-state index in [1.807, 2.05) is 18.2 Å². The number of hydrogen-bond donors (Lipinski definition) is 2. The summed E-state index contributed by atoms with van der Waals surface area (Å²) >= 11 is 6.03. The Hall–Kier alpha value is -2.20. The normalized spacial score (nSPS) is 16.3. The fraction of sp³-hybridized carbons (Fsp3) is 0.316.